The molecule has 16 heavy (non-hydrogen) atoms. The van der Waals surface area contributed by atoms with E-state index in [1.807, 2.05) is 0 Å². The summed E-state index contributed by atoms with van der Waals surface area (Å²) in [7, 11) is 0. The van der Waals surface area contributed by atoms with E-state index < -0.39 is 0 Å². The quantitative estimate of drug-likeness (QED) is 0.705. The van der Waals surface area contributed by atoms with Gasteiger partial charge in [0, 0.05) is 18.4 Å². The Bertz CT molecular complexity index is 211. The van der Waals surface area contributed by atoms with E-state index in [-0.39, 0.29) is 0 Å². The van der Waals surface area contributed by atoms with Crippen molar-refractivity contribution in [3.8, 4) is 0 Å². The van der Waals surface area contributed by atoms with Gasteiger partial charge in [-0.2, -0.15) is 0 Å². The van der Waals surface area contributed by atoms with E-state index in [4.69, 9.17) is 0 Å². The van der Waals surface area contributed by atoms with Crippen molar-refractivity contribution in [2.24, 2.45) is 11.3 Å². The molecule has 1 saturated carbocycles. The highest BCUT2D eigenvalue weighted by molar-refractivity contribution is 9.09. The maximum absolute atomic E-state index is 3.78. The van der Waals surface area contributed by atoms with E-state index in [9.17, 15) is 0 Å². The lowest BCUT2D eigenvalue weighted by molar-refractivity contribution is 0.142. The third kappa shape index (κ3) is 3.01. The average molecular weight is 288 g/mol. The fourth-order valence-corrected chi connectivity index (χ4v) is 4.24. The zero-order chi connectivity index (χ0) is 11.4. The van der Waals surface area contributed by atoms with Crippen LogP contribution in [0.5, 0.6) is 0 Å². The maximum atomic E-state index is 3.78. The minimum Gasteiger partial charge on any atom is -0.302 e. The molecular weight excluding hydrogens is 262 g/mol. The molecule has 2 fully saturated rings. The van der Waals surface area contributed by atoms with Gasteiger partial charge in [-0.1, -0.05) is 48.5 Å². The molecule has 2 rings (SSSR count). The van der Waals surface area contributed by atoms with Crippen LogP contribution in [0.3, 0.4) is 0 Å². The van der Waals surface area contributed by atoms with E-state index in [0.717, 1.165) is 5.92 Å². The van der Waals surface area contributed by atoms with Crippen molar-refractivity contribution in [3.05, 3.63) is 0 Å². The summed E-state index contributed by atoms with van der Waals surface area (Å²) in [4.78, 5) is 2.74. The van der Waals surface area contributed by atoms with Gasteiger partial charge in [-0.3, -0.25) is 0 Å². The van der Waals surface area contributed by atoms with Crippen molar-refractivity contribution in [2.45, 2.75) is 51.9 Å². The van der Waals surface area contributed by atoms with Crippen molar-refractivity contribution >= 4 is 15.9 Å². The van der Waals surface area contributed by atoms with Gasteiger partial charge in [-0.25, -0.2) is 0 Å². The van der Waals surface area contributed by atoms with E-state index in [1.165, 1.54) is 69.9 Å². The maximum Gasteiger partial charge on any atom is 0.0100 e. The highest BCUT2D eigenvalue weighted by atomic mass is 79.9. The summed E-state index contributed by atoms with van der Waals surface area (Å²) in [5.41, 5.74) is 0.612. The van der Waals surface area contributed by atoms with Crippen LogP contribution in [0.15, 0.2) is 0 Å². The third-order valence-corrected chi connectivity index (χ3v) is 5.89. The van der Waals surface area contributed by atoms with Crippen LogP contribution in [-0.4, -0.2) is 29.9 Å². The first-order chi connectivity index (χ1) is 7.78. The Kier molecular flexibility index (Phi) is 4.72. The van der Waals surface area contributed by atoms with Gasteiger partial charge in [0.05, 0.1) is 0 Å². The molecular formula is C14H26BrN. The predicted molar refractivity (Wildman–Crippen MR) is 74.2 cm³/mol. The Morgan fingerprint density at radius 3 is 2.56 bits per heavy atom. The number of likely N-dealkylation sites (tertiary alicyclic amines) is 1. The highest BCUT2D eigenvalue weighted by Crippen LogP contribution is 2.39. The predicted octanol–water partition coefficient (Wildman–Crippen LogP) is 4.06. The fourth-order valence-electron chi connectivity index (χ4n) is 3.50. The van der Waals surface area contributed by atoms with Crippen LogP contribution in [0.4, 0.5) is 0 Å². The molecule has 1 nitrogen and oxygen atoms in total. The number of hydrogen-bond donors (Lipinski definition) is 0. The molecule has 0 spiro atoms. The molecule has 1 atom stereocenters. The van der Waals surface area contributed by atoms with Crippen LogP contribution >= 0.6 is 15.9 Å². The molecule has 1 heterocycles. The molecule has 1 aliphatic heterocycles. The van der Waals surface area contributed by atoms with Crippen LogP contribution in [0.25, 0.3) is 0 Å². The summed E-state index contributed by atoms with van der Waals surface area (Å²) in [6.45, 7) is 6.42. The summed E-state index contributed by atoms with van der Waals surface area (Å²) in [6, 6.07) is 0. The Balaban J connectivity index is 1.86. The van der Waals surface area contributed by atoms with Gasteiger partial charge in [0.2, 0.25) is 0 Å². The van der Waals surface area contributed by atoms with Crippen molar-refractivity contribution < 1.29 is 0 Å². The molecule has 1 aliphatic carbocycles. The normalized spacial score (nSPS) is 30.8. The molecule has 94 valence electrons. The lowest BCUT2D eigenvalue weighted by Crippen LogP contribution is -2.39. The summed E-state index contributed by atoms with van der Waals surface area (Å²) in [5.74, 6) is 0.982. The van der Waals surface area contributed by atoms with Crippen LogP contribution in [0, 0.1) is 11.3 Å². The zero-order valence-corrected chi connectivity index (χ0v) is 12.3. The van der Waals surface area contributed by atoms with E-state index >= 15 is 0 Å². The third-order valence-electron chi connectivity index (χ3n) is 4.70. The summed E-state index contributed by atoms with van der Waals surface area (Å²) < 4.78 is 0. The molecule has 2 heteroatoms. The van der Waals surface area contributed by atoms with Gasteiger partial charge < -0.3 is 4.90 Å². The Hall–Kier alpha value is 0.440. The number of rotatable bonds is 4. The Labute approximate surface area is 109 Å². The SMILES string of the molecule is CCC1CCN(CC2(CBr)CCCCC2)C1. The van der Waals surface area contributed by atoms with Crippen molar-refractivity contribution in [1.29, 1.82) is 0 Å². The van der Waals surface area contributed by atoms with Crippen molar-refractivity contribution in [3.63, 3.8) is 0 Å². The largest absolute Gasteiger partial charge is 0.302 e. The summed E-state index contributed by atoms with van der Waals surface area (Å²) >= 11 is 3.78. The molecule has 1 unspecified atom stereocenters. The number of halogens is 1. The molecule has 0 aromatic rings. The first-order valence-corrected chi connectivity index (χ1v) is 8.18. The molecule has 0 aromatic heterocycles. The van der Waals surface area contributed by atoms with Crippen LogP contribution < -0.4 is 0 Å². The van der Waals surface area contributed by atoms with Crippen LogP contribution in [0.1, 0.15) is 51.9 Å². The first kappa shape index (κ1) is 12.9. The van der Waals surface area contributed by atoms with Crippen molar-refractivity contribution in [1.82, 2.24) is 4.90 Å². The van der Waals surface area contributed by atoms with E-state index in [1.54, 1.807) is 0 Å². The van der Waals surface area contributed by atoms with Crippen molar-refractivity contribution in [2.75, 3.05) is 25.0 Å². The first-order valence-electron chi connectivity index (χ1n) is 7.06. The molecule has 2 aliphatic rings. The monoisotopic (exact) mass is 287 g/mol. The average Bonchev–Trinajstić information content (AvgIpc) is 2.78. The molecule has 1 saturated heterocycles. The minimum atomic E-state index is 0.612. The minimum absolute atomic E-state index is 0.612. The molecule has 0 aromatic carbocycles. The Morgan fingerprint density at radius 2 is 2.00 bits per heavy atom. The fraction of sp³-hybridized carbons (Fsp3) is 1.00. The smallest absolute Gasteiger partial charge is 0.0100 e. The van der Waals surface area contributed by atoms with Gasteiger partial charge in [0.1, 0.15) is 0 Å². The Morgan fingerprint density at radius 1 is 1.25 bits per heavy atom. The van der Waals surface area contributed by atoms with Gasteiger partial charge >= 0.3 is 0 Å². The highest BCUT2D eigenvalue weighted by Gasteiger charge is 2.34. The van der Waals surface area contributed by atoms with E-state index in [2.05, 4.69) is 27.8 Å². The topological polar surface area (TPSA) is 3.24 Å². The second-order valence-corrected chi connectivity index (χ2v) is 6.55. The lowest BCUT2D eigenvalue weighted by atomic mass is 9.75. The molecule has 0 N–H and O–H groups in total. The van der Waals surface area contributed by atoms with E-state index in [0.29, 0.717) is 5.41 Å². The zero-order valence-electron chi connectivity index (χ0n) is 10.7. The second-order valence-electron chi connectivity index (χ2n) is 5.99. The summed E-state index contributed by atoms with van der Waals surface area (Å²) in [6.07, 6.45) is 10.1. The van der Waals surface area contributed by atoms with Gasteiger partial charge in [-0.15, -0.1) is 0 Å². The number of hydrogen-bond acceptors (Lipinski definition) is 1. The number of alkyl halides is 1. The van der Waals surface area contributed by atoms with Crippen LogP contribution in [-0.2, 0) is 0 Å². The second kappa shape index (κ2) is 5.86. The van der Waals surface area contributed by atoms with Gasteiger partial charge in [-0.05, 0) is 37.1 Å². The van der Waals surface area contributed by atoms with Gasteiger partial charge in [0.25, 0.3) is 0 Å². The summed E-state index contributed by atoms with van der Waals surface area (Å²) in [5, 5.41) is 1.22. The molecule has 0 amide bonds. The van der Waals surface area contributed by atoms with Gasteiger partial charge in [0.15, 0.2) is 0 Å². The number of nitrogens with zero attached hydrogens (tertiary/aromatic N) is 1. The molecule has 0 radical (unpaired) electrons. The standard InChI is InChI=1S/C14H26BrN/c1-2-13-6-9-16(10-13)12-14(11-15)7-4-3-5-8-14/h13H,2-12H2,1H3. The van der Waals surface area contributed by atoms with Crippen LogP contribution in [0.2, 0.25) is 0 Å². The lowest BCUT2D eigenvalue weighted by Gasteiger charge is -2.39. The molecule has 0 bridgehead atoms.